The maximum atomic E-state index is 11.6. The lowest BCUT2D eigenvalue weighted by atomic mass is 10.1. The van der Waals surface area contributed by atoms with Crippen LogP contribution in [0.25, 0.3) is 0 Å². The summed E-state index contributed by atoms with van der Waals surface area (Å²) in [6, 6.07) is 9.83. The highest BCUT2D eigenvalue weighted by molar-refractivity contribution is 6.15. The lowest BCUT2D eigenvalue weighted by Gasteiger charge is -2.13. The van der Waals surface area contributed by atoms with Gasteiger partial charge >= 0.3 is 0 Å². The molecule has 0 fully saturated rings. The Hall–Kier alpha value is -1.90. The first-order chi connectivity index (χ1) is 7.68. The highest BCUT2D eigenvalue weighted by atomic mass is 16.2. The van der Waals surface area contributed by atoms with Crippen molar-refractivity contribution < 1.29 is 9.59 Å². The number of carbonyl (C=O) groups is 2. The molecule has 82 valence electrons. The lowest BCUT2D eigenvalue weighted by molar-refractivity contribution is -0.137. The Kier molecular flexibility index (Phi) is 2.86. The monoisotopic (exact) mass is 215 g/mol. The lowest BCUT2D eigenvalue weighted by Crippen LogP contribution is -2.32. The minimum atomic E-state index is -0.196. The van der Waals surface area contributed by atoms with Crippen molar-refractivity contribution in [1.82, 2.24) is 4.90 Å². The van der Waals surface area contributed by atoms with Crippen LogP contribution in [0, 0.1) is 0 Å². The van der Waals surface area contributed by atoms with Crippen LogP contribution in [0.3, 0.4) is 0 Å². The number of rotatable bonds is 3. The first-order valence-electron chi connectivity index (χ1n) is 5.26. The van der Waals surface area contributed by atoms with Gasteiger partial charge in [0.2, 0.25) is 0 Å². The number of hydrogen-bond acceptors (Lipinski definition) is 2. The minimum Gasteiger partial charge on any atom is -0.275 e. The molecule has 3 heteroatoms. The quantitative estimate of drug-likeness (QED) is 0.717. The van der Waals surface area contributed by atoms with Crippen LogP contribution in [0.5, 0.6) is 0 Å². The molecule has 0 radical (unpaired) electrons. The third kappa shape index (κ3) is 2.03. The van der Waals surface area contributed by atoms with Crippen molar-refractivity contribution in [3.63, 3.8) is 0 Å². The van der Waals surface area contributed by atoms with E-state index in [1.165, 1.54) is 11.0 Å². The molecule has 1 heterocycles. The van der Waals surface area contributed by atoms with Crippen LogP contribution in [0.15, 0.2) is 42.0 Å². The fourth-order valence-electron chi connectivity index (χ4n) is 1.74. The van der Waals surface area contributed by atoms with Crippen LogP contribution in [0.4, 0.5) is 0 Å². The van der Waals surface area contributed by atoms with Crippen molar-refractivity contribution in [2.45, 2.75) is 13.3 Å². The highest BCUT2D eigenvalue weighted by Gasteiger charge is 2.27. The first kappa shape index (κ1) is 10.6. The van der Waals surface area contributed by atoms with Gasteiger partial charge in [0.15, 0.2) is 0 Å². The van der Waals surface area contributed by atoms with Crippen molar-refractivity contribution in [2.75, 3.05) is 6.54 Å². The molecule has 0 N–H and O–H groups in total. The molecule has 0 atom stereocenters. The maximum absolute atomic E-state index is 11.6. The van der Waals surface area contributed by atoms with Gasteiger partial charge in [-0.3, -0.25) is 14.5 Å². The van der Waals surface area contributed by atoms with Gasteiger partial charge in [-0.1, -0.05) is 30.3 Å². The molecule has 0 unspecified atom stereocenters. The summed E-state index contributed by atoms with van der Waals surface area (Å²) in [4.78, 5) is 24.3. The van der Waals surface area contributed by atoms with E-state index in [0.29, 0.717) is 18.5 Å². The SMILES string of the molecule is CC1=CC(=O)N(CCc2ccccc2)C1=O. The van der Waals surface area contributed by atoms with Crippen LogP contribution < -0.4 is 0 Å². The normalized spacial score (nSPS) is 15.6. The zero-order chi connectivity index (χ0) is 11.5. The van der Waals surface area contributed by atoms with Gasteiger partial charge in [0.25, 0.3) is 11.8 Å². The van der Waals surface area contributed by atoms with Gasteiger partial charge in [0.05, 0.1) is 0 Å². The number of carbonyl (C=O) groups excluding carboxylic acids is 2. The smallest absolute Gasteiger partial charge is 0.256 e. The topological polar surface area (TPSA) is 37.4 Å². The Morgan fingerprint density at radius 2 is 1.81 bits per heavy atom. The third-order valence-corrected chi connectivity index (χ3v) is 2.66. The Labute approximate surface area is 94.4 Å². The van der Waals surface area contributed by atoms with E-state index in [-0.39, 0.29) is 11.8 Å². The summed E-state index contributed by atoms with van der Waals surface area (Å²) >= 11 is 0. The van der Waals surface area contributed by atoms with E-state index in [2.05, 4.69) is 0 Å². The van der Waals surface area contributed by atoms with Crippen molar-refractivity contribution in [3.05, 3.63) is 47.5 Å². The number of imide groups is 1. The fourth-order valence-corrected chi connectivity index (χ4v) is 1.74. The third-order valence-electron chi connectivity index (χ3n) is 2.66. The van der Waals surface area contributed by atoms with E-state index in [0.717, 1.165) is 5.56 Å². The molecule has 1 aromatic carbocycles. The van der Waals surface area contributed by atoms with Crippen LogP contribution >= 0.6 is 0 Å². The Morgan fingerprint density at radius 3 is 2.38 bits per heavy atom. The van der Waals surface area contributed by atoms with Crippen molar-refractivity contribution >= 4 is 11.8 Å². The summed E-state index contributed by atoms with van der Waals surface area (Å²) < 4.78 is 0. The minimum absolute atomic E-state index is 0.166. The Morgan fingerprint density at radius 1 is 1.12 bits per heavy atom. The number of nitrogens with zero attached hydrogens (tertiary/aromatic N) is 1. The van der Waals surface area contributed by atoms with Gasteiger partial charge in [-0.25, -0.2) is 0 Å². The van der Waals surface area contributed by atoms with Crippen molar-refractivity contribution in [1.29, 1.82) is 0 Å². The summed E-state index contributed by atoms with van der Waals surface area (Å²) in [5.74, 6) is -0.362. The molecular formula is C13H13NO2. The van der Waals surface area contributed by atoms with Crippen molar-refractivity contribution in [3.8, 4) is 0 Å². The van der Waals surface area contributed by atoms with Gasteiger partial charge in [0, 0.05) is 18.2 Å². The molecule has 0 spiro atoms. The summed E-state index contributed by atoms with van der Waals surface area (Å²) in [5, 5.41) is 0. The fraction of sp³-hybridized carbons (Fsp3) is 0.231. The van der Waals surface area contributed by atoms with E-state index in [1.54, 1.807) is 6.92 Å². The molecule has 1 aliphatic rings. The van der Waals surface area contributed by atoms with Gasteiger partial charge < -0.3 is 0 Å². The van der Waals surface area contributed by atoms with Gasteiger partial charge in [-0.2, -0.15) is 0 Å². The summed E-state index contributed by atoms with van der Waals surface area (Å²) in [7, 11) is 0. The predicted octanol–water partition coefficient (Wildman–Crippen LogP) is 1.54. The van der Waals surface area contributed by atoms with E-state index in [4.69, 9.17) is 0 Å². The van der Waals surface area contributed by atoms with Gasteiger partial charge in [0.1, 0.15) is 0 Å². The first-order valence-corrected chi connectivity index (χ1v) is 5.26. The van der Waals surface area contributed by atoms with E-state index in [9.17, 15) is 9.59 Å². The second-order valence-corrected chi connectivity index (χ2v) is 3.86. The molecule has 0 aliphatic carbocycles. The highest BCUT2D eigenvalue weighted by Crippen LogP contribution is 2.12. The van der Waals surface area contributed by atoms with E-state index >= 15 is 0 Å². The molecule has 2 rings (SSSR count). The number of amides is 2. The molecular weight excluding hydrogens is 202 g/mol. The zero-order valence-corrected chi connectivity index (χ0v) is 9.14. The van der Waals surface area contributed by atoms with E-state index < -0.39 is 0 Å². The summed E-state index contributed by atoms with van der Waals surface area (Å²) in [6.07, 6.45) is 2.10. The Bertz CT molecular complexity index is 448. The molecule has 3 nitrogen and oxygen atoms in total. The molecule has 1 aromatic rings. The second-order valence-electron chi connectivity index (χ2n) is 3.86. The average molecular weight is 215 g/mol. The molecule has 0 aromatic heterocycles. The number of hydrogen-bond donors (Lipinski definition) is 0. The van der Waals surface area contributed by atoms with Crippen LogP contribution in [-0.4, -0.2) is 23.3 Å². The molecule has 0 saturated carbocycles. The zero-order valence-electron chi connectivity index (χ0n) is 9.14. The van der Waals surface area contributed by atoms with Crippen LogP contribution in [0.2, 0.25) is 0 Å². The molecule has 1 aliphatic heterocycles. The number of benzene rings is 1. The van der Waals surface area contributed by atoms with Crippen molar-refractivity contribution in [2.24, 2.45) is 0 Å². The van der Waals surface area contributed by atoms with Crippen LogP contribution in [-0.2, 0) is 16.0 Å². The molecule has 0 saturated heterocycles. The average Bonchev–Trinajstić information content (AvgIpc) is 2.53. The standard InChI is InChI=1S/C13H13NO2/c1-10-9-12(15)14(13(10)16)8-7-11-5-3-2-4-6-11/h2-6,9H,7-8H2,1H3. The Balaban J connectivity index is 1.98. The molecule has 2 amide bonds. The van der Waals surface area contributed by atoms with Gasteiger partial charge in [-0.15, -0.1) is 0 Å². The van der Waals surface area contributed by atoms with Crippen LogP contribution in [0.1, 0.15) is 12.5 Å². The van der Waals surface area contributed by atoms with Gasteiger partial charge in [-0.05, 0) is 18.9 Å². The predicted molar refractivity (Wildman–Crippen MR) is 60.6 cm³/mol. The van der Waals surface area contributed by atoms with E-state index in [1.807, 2.05) is 30.3 Å². The summed E-state index contributed by atoms with van der Waals surface area (Å²) in [6.45, 7) is 2.12. The molecule has 16 heavy (non-hydrogen) atoms. The largest absolute Gasteiger partial charge is 0.275 e. The second kappa shape index (κ2) is 4.31. The maximum Gasteiger partial charge on any atom is 0.256 e. The molecule has 0 bridgehead atoms. The summed E-state index contributed by atoms with van der Waals surface area (Å²) in [5.41, 5.74) is 1.66.